The standard InChI is InChI=1S/C33H37N5O6S/c1-2-34-31(42)25(39)10-9-23(35-32(43)27-16-19-6-3-4-8-26(19)45-27)30(41)36-24-7-5-11-38(33(24)44)17-28(40)37-29-21-13-18-12-20(15-21)22(29)14-18/h3-8,11,16,18,20-23,29H,2,9-10,12-15,17H2,1H3,(H,34,42)(H,35,43)(H,36,41)(H,37,40)/t18?,20?,21?,22?,23-,29?/m0/s1. The fourth-order valence-electron chi connectivity index (χ4n) is 7.56. The summed E-state index contributed by atoms with van der Waals surface area (Å²) in [5.41, 5.74) is -0.632. The Balaban J connectivity index is 1.13. The Morgan fingerprint density at radius 2 is 1.80 bits per heavy atom. The van der Waals surface area contributed by atoms with Gasteiger partial charge in [-0.15, -0.1) is 11.3 Å². The largest absolute Gasteiger partial charge is 0.351 e. The number of rotatable bonds is 12. The lowest BCUT2D eigenvalue weighted by molar-refractivity contribution is -0.138. The van der Waals surface area contributed by atoms with Crippen molar-refractivity contribution in [3.05, 3.63) is 63.9 Å². The van der Waals surface area contributed by atoms with E-state index in [0.717, 1.165) is 22.4 Å². The lowest BCUT2D eigenvalue weighted by Crippen LogP contribution is -2.46. The van der Waals surface area contributed by atoms with Crippen molar-refractivity contribution in [1.29, 1.82) is 0 Å². The number of pyridine rings is 1. The number of nitrogens with zero attached hydrogens (tertiary/aromatic N) is 1. The number of likely N-dealkylation sites (N-methyl/N-ethyl adjacent to an activating group) is 1. The van der Waals surface area contributed by atoms with Crippen molar-refractivity contribution in [2.24, 2.45) is 23.7 Å². The predicted molar refractivity (Wildman–Crippen MR) is 170 cm³/mol. The van der Waals surface area contributed by atoms with E-state index in [1.54, 1.807) is 19.1 Å². The number of carbonyl (C=O) groups is 5. The highest BCUT2D eigenvalue weighted by atomic mass is 32.1. The van der Waals surface area contributed by atoms with Gasteiger partial charge in [-0.1, -0.05) is 18.2 Å². The number of ketones is 1. The van der Waals surface area contributed by atoms with E-state index in [9.17, 15) is 28.8 Å². The van der Waals surface area contributed by atoms with Crippen molar-refractivity contribution in [2.75, 3.05) is 11.9 Å². The summed E-state index contributed by atoms with van der Waals surface area (Å²) in [6, 6.07) is 11.1. The molecule has 4 fully saturated rings. The summed E-state index contributed by atoms with van der Waals surface area (Å²) in [5.74, 6) is -0.429. The van der Waals surface area contributed by atoms with E-state index in [0.29, 0.717) is 22.6 Å². The maximum atomic E-state index is 13.5. The number of anilines is 1. The van der Waals surface area contributed by atoms with Crippen molar-refractivity contribution >= 4 is 56.5 Å². The zero-order valence-corrected chi connectivity index (χ0v) is 25.9. The molecular weight excluding hydrogens is 594 g/mol. The molecule has 6 atom stereocenters. The highest BCUT2D eigenvalue weighted by Crippen LogP contribution is 2.58. The molecule has 0 aliphatic heterocycles. The van der Waals surface area contributed by atoms with Gasteiger partial charge in [0.25, 0.3) is 17.4 Å². The SMILES string of the molecule is CCNC(=O)C(=O)CC[C@H](NC(=O)c1cc2ccccc2s1)C(=O)Nc1cccn(CC(=O)NC2C3CC4CC(C3)C2C4)c1=O. The van der Waals surface area contributed by atoms with Crippen molar-refractivity contribution in [3.8, 4) is 0 Å². The maximum absolute atomic E-state index is 13.5. The fraction of sp³-hybridized carbons (Fsp3) is 0.455. The van der Waals surface area contributed by atoms with Crippen LogP contribution in [-0.4, -0.2) is 52.6 Å². The number of thiophene rings is 1. The third kappa shape index (κ3) is 6.56. The van der Waals surface area contributed by atoms with E-state index in [1.165, 1.54) is 47.4 Å². The molecule has 4 aliphatic rings. The van der Waals surface area contributed by atoms with Gasteiger partial charge in [0.1, 0.15) is 18.3 Å². The van der Waals surface area contributed by atoms with Crippen LogP contribution in [0.2, 0.25) is 0 Å². The van der Waals surface area contributed by atoms with Crippen LogP contribution in [-0.2, 0) is 25.7 Å². The van der Waals surface area contributed by atoms with Crippen LogP contribution in [0.3, 0.4) is 0 Å². The number of amides is 4. The van der Waals surface area contributed by atoms with Crippen LogP contribution >= 0.6 is 11.3 Å². The number of fused-ring (bicyclic) bond motifs is 1. The molecule has 11 nitrogen and oxygen atoms in total. The molecule has 3 aromatic rings. The quantitative estimate of drug-likeness (QED) is 0.225. The van der Waals surface area contributed by atoms with Crippen LogP contribution < -0.4 is 26.8 Å². The zero-order chi connectivity index (χ0) is 31.7. The Bertz CT molecular complexity index is 1680. The fourth-order valence-corrected chi connectivity index (χ4v) is 8.53. The minimum Gasteiger partial charge on any atom is -0.351 e. The monoisotopic (exact) mass is 631 g/mol. The second kappa shape index (κ2) is 13.0. The first-order valence-corrected chi connectivity index (χ1v) is 16.4. The average Bonchev–Trinajstić information content (AvgIpc) is 3.65. The molecule has 12 heteroatoms. The second-order valence-corrected chi connectivity index (χ2v) is 13.5. The van der Waals surface area contributed by atoms with Gasteiger partial charge in [-0.25, -0.2) is 0 Å². The highest BCUT2D eigenvalue weighted by molar-refractivity contribution is 7.20. The van der Waals surface area contributed by atoms with Crippen LogP contribution in [0.5, 0.6) is 0 Å². The van der Waals surface area contributed by atoms with Gasteiger partial charge < -0.3 is 25.8 Å². The molecule has 236 valence electrons. The van der Waals surface area contributed by atoms with Gasteiger partial charge in [0, 0.05) is 29.9 Å². The molecular formula is C33H37N5O6S. The first-order chi connectivity index (χ1) is 21.7. The molecule has 4 aliphatic carbocycles. The van der Waals surface area contributed by atoms with Crippen molar-refractivity contribution in [2.45, 2.75) is 64.1 Å². The molecule has 0 saturated heterocycles. The van der Waals surface area contributed by atoms with E-state index in [2.05, 4.69) is 21.3 Å². The molecule has 5 unspecified atom stereocenters. The number of nitrogens with one attached hydrogen (secondary N) is 4. The Kier molecular flexibility index (Phi) is 8.84. The summed E-state index contributed by atoms with van der Waals surface area (Å²) in [5, 5.41) is 11.8. The number of carbonyl (C=O) groups excluding carboxylic acids is 5. The van der Waals surface area contributed by atoms with Gasteiger partial charge in [-0.2, -0.15) is 0 Å². The number of hydrogen-bond donors (Lipinski definition) is 4. The minimum atomic E-state index is -1.22. The predicted octanol–water partition coefficient (Wildman–Crippen LogP) is 2.84. The highest BCUT2D eigenvalue weighted by Gasteiger charge is 2.54. The number of hydrogen-bond acceptors (Lipinski definition) is 7. The molecule has 1 aromatic carbocycles. The Hall–Kier alpha value is -4.32. The summed E-state index contributed by atoms with van der Waals surface area (Å²) in [6.07, 6.45) is 5.81. The molecule has 4 saturated carbocycles. The van der Waals surface area contributed by atoms with Crippen LogP contribution in [0.15, 0.2) is 53.5 Å². The summed E-state index contributed by atoms with van der Waals surface area (Å²) >= 11 is 1.26. The topological polar surface area (TPSA) is 155 Å². The number of aromatic nitrogens is 1. The molecule has 45 heavy (non-hydrogen) atoms. The van der Waals surface area contributed by atoms with Crippen LogP contribution in [0.25, 0.3) is 10.1 Å². The molecule has 2 aromatic heterocycles. The lowest BCUT2D eigenvalue weighted by Gasteiger charge is -2.32. The third-order valence-electron chi connectivity index (χ3n) is 9.50. The molecule has 4 N–H and O–H groups in total. The van der Waals surface area contributed by atoms with E-state index >= 15 is 0 Å². The molecule has 4 bridgehead atoms. The average molecular weight is 632 g/mol. The first kappa shape index (κ1) is 30.7. The molecule has 2 heterocycles. The second-order valence-electron chi connectivity index (χ2n) is 12.4. The number of Topliss-reactive ketones (excluding diaryl/α,β-unsaturated/α-hetero) is 1. The molecule has 0 spiro atoms. The summed E-state index contributed by atoms with van der Waals surface area (Å²) in [6.45, 7) is 1.78. The van der Waals surface area contributed by atoms with Gasteiger partial charge in [0.15, 0.2) is 0 Å². The van der Waals surface area contributed by atoms with Crippen molar-refractivity contribution in [3.63, 3.8) is 0 Å². The summed E-state index contributed by atoms with van der Waals surface area (Å²) in [4.78, 5) is 77.7. The Morgan fingerprint density at radius 1 is 1.00 bits per heavy atom. The lowest BCUT2D eigenvalue weighted by atomic mass is 9.79. The smallest absolute Gasteiger partial charge is 0.287 e. The van der Waals surface area contributed by atoms with Crippen molar-refractivity contribution in [1.82, 2.24) is 20.5 Å². The Morgan fingerprint density at radius 3 is 2.58 bits per heavy atom. The van der Waals surface area contributed by atoms with Gasteiger partial charge in [-0.3, -0.25) is 28.8 Å². The van der Waals surface area contributed by atoms with Gasteiger partial charge >= 0.3 is 0 Å². The van der Waals surface area contributed by atoms with Crippen LogP contribution in [0, 0.1) is 23.7 Å². The first-order valence-electron chi connectivity index (χ1n) is 15.6. The molecule has 7 rings (SSSR count). The van der Waals surface area contributed by atoms with Gasteiger partial charge in [-0.05, 0) is 92.4 Å². The van der Waals surface area contributed by atoms with Gasteiger partial charge in [0.05, 0.1) is 4.88 Å². The van der Waals surface area contributed by atoms with Crippen LogP contribution in [0.1, 0.15) is 55.1 Å². The van der Waals surface area contributed by atoms with E-state index in [-0.39, 0.29) is 43.6 Å². The number of benzene rings is 1. The molecule has 0 radical (unpaired) electrons. The zero-order valence-electron chi connectivity index (χ0n) is 25.0. The van der Waals surface area contributed by atoms with Gasteiger partial charge in [0.2, 0.25) is 17.6 Å². The molecule has 4 amide bonds. The maximum Gasteiger partial charge on any atom is 0.287 e. The minimum absolute atomic E-state index is 0.0648. The summed E-state index contributed by atoms with van der Waals surface area (Å²) < 4.78 is 2.15. The van der Waals surface area contributed by atoms with E-state index in [1.807, 2.05) is 24.3 Å². The van der Waals surface area contributed by atoms with E-state index in [4.69, 9.17) is 0 Å². The normalized spacial score (nSPS) is 23.4. The van der Waals surface area contributed by atoms with E-state index < -0.39 is 35.1 Å². The van der Waals surface area contributed by atoms with Crippen LogP contribution in [0.4, 0.5) is 5.69 Å². The third-order valence-corrected chi connectivity index (χ3v) is 10.6. The van der Waals surface area contributed by atoms with Crippen molar-refractivity contribution < 1.29 is 24.0 Å². The Labute approximate surface area is 264 Å². The summed E-state index contributed by atoms with van der Waals surface area (Å²) in [7, 11) is 0.